The summed E-state index contributed by atoms with van der Waals surface area (Å²) in [6.45, 7) is 2.04. The first kappa shape index (κ1) is 9.15. The van der Waals surface area contributed by atoms with E-state index in [1.807, 2.05) is 6.92 Å². The van der Waals surface area contributed by atoms with Crippen LogP contribution in [0.4, 0.5) is 5.13 Å². The van der Waals surface area contributed by atoms with Crippen molar-refractivity contribution >= 4 is 22.4 Å². The highest BCUT2D eigenvalue weighted by atomic mass is 32.1. The Morgan fingerprint density at radius 1 is 1.83 bits per heavy atom. The van der Waals surface area contributed by atoms with Gasteiger partial charge in [0.25, 0.3) is 0 Å². The minimum Gasteiger partial charge on any atom is -0.322 e. The van der Waals surface area contributed by atoms with E-state index >= 15 is 0 Å². The van der Waals surface area contributed by atoms with Crippen molar-refractivity contribution < 1.29 is 4.79 Å². The minimum absolute atomic E-state index is 0.00103. The van der Waals surface area contributed by atoms with Crippen molar-refractivity contribution in [3.05, 3.63) is 11.1 Å². The van der Waals surface area contributed by atoms with E-state index in [9.17, 15) is 4.79 Å². The number of nitrogens with zero attached hydrogens (tertiary/aromatic N) is 1. The number of amides is 1. The largest absolute Gasteiger partial charge is 0.322 e. The van der Waals surface area contributed by atoms with Crippen molar-refractivity contribution in [2.75, 3.05) is 11.9 Å². The molecular formula is C7H11N3OS. The van der Waals surface area contributed by atoms with Gasteiger partial charge in [-0.3, -0.25) is 4.79 Å². The van der Waals surface area contributed by atoms with E-state index in [0.717, 1.165) is 11.3 Å². The van der Waals surface area contributed by atoms with Gasteiger partial charge in [0.05, 0.1) is 6.54 Å². The average Bonchev–Trinajstić information content (AvgIpc) is 2.52. The van der Waals surface area contributed by atoms with E-state index in [4.69, 9.17) is 5.73 Å². The molecule has 0 radical (unpaired) electrons. The first-order chi connectivity index (χ1) is 5.76. The lowest BCUT2D eigenvalue weighted by molar-refractivity contribution is -0.114. The summed E-state index contributed by atoms with van der Waals surface area (Å²) in [5.41, 5.74) is 5.12. The van der Waals surface area contributed by atoms with Crippen LogP contribution >= 0.6 is 11.3 Å². The minimum atomic E-state index is -0.202. The van der Waals surface area contributed by atoms with Crippen LogP contribution in [0.5, 0.6) is 0 Å². The number of thiazole rings is 1. The van der Waals surface area contributed by atoms with Gasteiger partial charge in [-0.1, -0.05) is 6.92 Å². The number of aryl methyl sites for hydroxylation is 1. The zero-order chi connectivity index (χ0) is 8.97. The van der Waals surface area contributed by atoms with Crippen molar-refractivity contribution in [2.45, 2.75) is 13.3 Å². The van der Waals surface area contributed by atoms with Gasteiger partial charge in [0.2, 0.25) is 5.91 Å². The first-order valence-corrected chi connectivity index (χ1v) is 4.52. The zero-order valence-corrected chi connectivity index (χ0v) is 7.65. The van der Waals surface area contributed by atoms with E-state index < -0.39 is 0 Å². The average molecular weight is 185 g/mol. The Balaban J connectivity index is 2.58. The molecule has 1 heterocycles. The van der Waals surface area contributed by atoms with Gasteiger partial charge in [-0.2, -0.15) is 0 Å². The lowest BCUT2D eigenvalue weighted by Crippen LogP contribution is -2.21. The molecule has 0 aliphatic carbocycles. The van der Waals surface area contributed by atoms with E-state index in [0.29, 0.717) is 5.13 Å². The molecule has 1 amide bonds. The van der Waals surface area contributed by atoms with Gasteiger partial charge >= 0.3 is 0 Å². The quantitative estimate of drug-likeness (QED) is 0.724. The molecule has 0 saturated heterocycles. The Kier molecular flexibility index (Phi) is 3.19. The normalized spacial score (nSPS) is 9.83. The summed E-state index contributed by atoms with van der Waals surface area (Å²) >= 11 is 1.48. The van der Waals surface area contributed by atoms with Crippen molar-refractivity contribution in [1.82, 2.24) is 4.98 Å². The lowest BCUT2D eigenvalue weighted by atomic mass is 10.4. The highest BCUT2D eigenvalue weighted by Crippen LogP contribution is 2.17. The molecule has 0 aliphatic heterocycles. The summed E-state index contributed by atoms with van der Waals surface area (Å²) in [5.74, 6) is -0.202. The summed E-state index contributed by atoms with van der Waals surface area (Å²) in [4.78, 5) is 16.0. The summed E-state index contributed by atoms with van der Waals surface area (Å²) in [6, 6.07) is 0. The monoisotopic (exact) mass is 185 g/mol. The molecular weight excluding hydrogens is 174 g/mol. The Morgan fingerprint density at radius 3 is 3.08 bits per heavy atom. The van der Waals surface area contributed by atoms with Crippen molar-refractivity contribution in [1.29, 1.82) is 0 Å². The van der Waals surface area contributed by atoms with Crippen LogP contribution in [0.15, 0.2) is 6.20 Å². The summed E-state index contributed by atoms with van der Waals surface area (Å²) in [6.07, 6.45) is 2.70. The molecule has 0 aliphatic rings. The molecule has 0 unspecified atom stereocenters. The smallest absolute Gasteiger partial charge is 0.239 e. The van der Waals surface area contributed by atoms with Crippen LogP contribution in [0.2, 0.25) is 0 Å². The molecule has 0 bridgehead atoms. The number of carbonyl (C=O) groups is 1. The molecule has 1 aromatic rings. The van der Waals surface area contributed by atoms with Crippen LogP contribution in [0.25, 0.3) is 0 Å². The van der Waals surface area contributed by atoms with E-state index in [1.54, 1.807) is 6.20 Å². The standard InChI is InChI=1S/C7H11N3OS/c1-2-5-4-9-7(12-5)10-6(11)3-8/h4H,2-3,8H2,1H3,(H,9,10,11). The third-order valence-corrected chi connectivity index (χ3v) is 2.39. The fourth-order valence-electron chi connectivity index (χ4n) is 0.699. The Morgan fingerprint density at radius 2 is 2.58 bits per heavy atom. The second-order valence-corrected chi connectivity index (χ2v) is 3.35. The van der Waals surface area contributed by atoms with Crippen molar-refractivity contribution in [3.8, 4) is 0 Å². The molecule has 1 rings (SSSR count). The molecule has 0 atom stereocenters. The molecule has 0 fully saturated rings. The summed E-state index contributed by atoms with van der Waals surface area (Å²) in [7, 11) is 0. The Labute approximate surface area is 74.8 Å². The predicted molar refractivity (Wildman–Crippen MR) is 49.2 cm³/mol. The molecule has 12 heavy (non-hydrogen) atoms. The molecule has 66 valence electrons. The van der Waals surface area contributed by atoms with Gasteiger partial charge in [-0.15, -0.1) is 11.3 Å². The molecule has 4 nitrogen and oxygen atoms in total. The van der Waals surface area contributed by atoms with Crippen molar-refractivity contribution in [3.63, 3.8) is 0 Å². The number of hydrogen-bond donors (Lipinski definition) is 2. The summed E-state index contributed by atoms with van der Waals surface area (Å²) in [5, 5.41) is 3.22. The van der Waals surface area contributed by atoms with Crippen LogP contribution in [-0.2, 0) is 11.2 Å². The maximum absolute atomic E-state index is 10.8. The van der Waals surface area contributed by atoms with Crippen LogP contribution in [-0.4, -0.2) is 17.4 Å². The number of rotatable bonds is 3. The van der Waals surface area contributed by atoms with Crippen LogP contribution in [0, 0.1) is 0 Å². The van der Waals surface area contributed by atoms with Crippen molar-refractivity contribution in [2.24, 2.45) is 5.73 Å². The lowest BCUT2D eigenvalue weighted by Gasteiger charge is -1.95. The molecule has 3 N–H and O–H groups in total. The summed E-state index contributed by atoms with van der Waals surface area (Å²) < 4.78 is 0. The third-order valence-electron chi connectivity index (χ3n) is 1.33. The molecule has 5 heteroatoms. The van der Waals surface area contributed by atoms with Crippen LogP contribution in [0.1, 0.15) is 11.8 Å². The topological polar surface area (TPSA) is 68.0 Å². The first-order valence-electron chi connectivity index (χ1n) is 3.71. The molecule has 0 spiro atoms. The van der Waals surface area contributed by atoms with E-state index in [2.05, 4.69) is 10.3 Å². The number of nitrogens with two attached hydrogens (primary N) is 1. The predicted octanol–water partition coefficient (Wildman–Crippen LogP) is 0.603. The van der Waals surface area contributed by atoms with Gasteiger partial charge in [0, 0.05) is 11.1 Å². The third kappa shape index (κ3) is 2.28. The van der Waals surface area contributed by atoms with E-state index in [1.165, 1.54) is 11.3 Å². The number of carbonyl (C=O) groups excluding carboxylic acids is 1. The fourth-order valence-corrected chi connectivity index (χ4v) is 1.47. The van der Waals surface area contributed by atoms with Gasteiger partial charge in [0.1, 0.15) is 0 Å². The second kappa shape index (κ2) is 4.18. The van der Waals surface area contributed by atoms with Gasteiger partial charge in [0.15, 0.2) is 5.13 Å². The van der Waals surface area contributed by atoms with Crippen LogP contribution < -0.4 is 11.1 Å². The molecule has 0 saturated carbocycles. The van der Waals surface area contributed by atoms with Crippen LogP contribution in [0.3, 0.4) is 0 Å². The Hall–Kier alpha value is -0.940. The van der Waals surface area contributed by atoms with E-state index in [-0.39, 0.29) is 12.5 Å². The highest BCUT2D eigenvalue weighted by Gasteiger charge is 2.02. The second-order valence-electron chi connectivity index (χ2n) is 2.24. The maximum atomic E-state index is 10.8. The number of anilines is 1. The molecule has 0 aromatic carbocycles. The number of hydrogen-bond acceptors (Lipinski definition) is 4. The Bertz CT molecular complexity index is 271. The highest BCUT2D eigenvalue weighted by molar-refractivity contribution is 7.15. The number of nitrogens with one attached hydrogen (secondary N) is 1. The maximum Gasteiger partial charge on any atom is 0.239 e. The van der Waals surface area contributed by atoms with Gasteiger partial charge in [-0.05, 0) is 6.42 Å². The molecule has 1 aromatic heterocycles. The SMILES string of the molecule is CCc1cnc(NC(=O)CN)s1. The van der Waals surface area contributed by atoms with Gasteiger partial charge < -0.3 is 11.1 Å². The fraction of sp³-hybridized carbons (Fsp3) is 0.429. The van der Waals surface area contributed by atoms with Gasteiger partial charge in [-0.25, -0.2) is 4.98 Å². The number of aromatic nitrogens is 1. The zero-order valence-electron chi connectivity index (χ0n) is 6.83.